The van der Waals surface area contributed by atoms with Crippen LogP contribution in [0.5, 0.6) is 5.88 Å². The second-order valence-electron chi connectivity index (χ2n) is 4.67. The van der Waals surface area contributed by atoms with Crippen molar-refractivity contribution >= 4 is 6.03 Å². The van der Waals surface area contributed by atoms with Crippen LogP contribution < -0.4 is 15.4 Å². The van der Waals surface area contributed by atoms with E-state index in [1.165, 1.54) is 0 Å². The number of urea groups is 1. The highest BCUT2D eigenvalue weighted by atomic mass is 16.5. The fourth-order valence-corrected chi connectivity index (χ4v) is 1.92. The SMILES string of the molecule is COc1ncccc1CNC(=O)NC(C)c1ccc(C)o1. The van der Waals surface area contributed by atoms with Gasteiger partial charge in [-0.2, -0.15) is 0 Å². The van der Waals surface area contributed by atoms with Gasteiger partial charge < -0.3 is 19.8 Å². The molecule has 0 bridgehead atoms. The molecule has 2 N–H and O–H groups in total. The van der Waals surface area contributed by atoms with Crippen molar-refractivity contribution in [3.63, 3.8) is 0 Å². The molecule has 6 nitrogen and oxygen atoms in total. The fraction of sp³-hybridized carbons (Fsp3) is 0.333. The van der Waals surface area contributed by atoms with Gasteiger partial charge in [0, 0.05) is 18.3 Å². The zero-order valence-electron chi connectivity index (χ0n) is 12.3. The number of rotatable bonds is 5. The van der Waals surface area contributed by atoms with Crippen LogP contribution in [0.15, 0.2) is 34.9 Å². The van der Waals surface area contributed by atoms with Crippen LogP contribution in [-0.4, -0.2) is 18.1 Å². The van der Waals surface area contributed by atoms with E-state index in [0.29, 0.717) is 12.4 Å². The average Bonchev–Trinajstić information content (AvgIpc) is 2.92. The maximum Gasteiger partial charge on any atom is 0.315 e. The number of pyridine rings is 1. The van der Waals surface area contributed by atoms with Gasteiger partial charge in [-0.15, -0.1) is 0 Å². The Balaban J connectivity index is 1.87. The van der Waals surface area contributed by atoms with Gasteiger partial charge in [0.05, 0.1) is 13.2 Å². The van der Waals surface area contributed by atoms with Crippen molar-refractivity contribution in [3.8, 4) is 5.88 Å². The van der Waals surface area contributed by atoms with Gasteiger partial charge in [0.1, 0.15) is 11.5 Å². The molecule has 1 unspecified atom stereocenters. The molecule has 6 heteroatoms. The van der Waals surface area contributed by atoms with Crippen molar-refractivity contribution in [1.82, 2.24) is 15.6 Å². The number of nitrogens with zero attached hydrogens (tertiary/aromatic N) is 1. The Hall–Kier alpha value is -2.50. The van der Waals surface area contributed by atoms with Crippen LogP contribution in [0.1, 0.15) is 30.0 Å². The van der Waals surface area contributed by atoms with Crippen LogP contribution >= 0.6 is 0 Å². The van der Waals surface area contributed by atoms with E-state index in [0.717, 1.165) is 17.1 Å². The molecule has 0 aliphatic carbocycles. The van der Waals surface area contributed by atoms with Crippen LogP contribution in [0.3, 0.4) is 0 Å². The number of methoxy groups -OCH3 is 1. The summed E-state index contributed by atoms with van der Waals surface area (Å²) >= 11 is 0. The minimum Gasteiger partial charge on any atom is -0.481 e. The Kier molecular flexibility index (Phi) is 4.81. The highest BCUT2D eigenvalue weighted by molar-refractivity contribution is 5.74. The molecular weight excluding hydrogens is 270 g/mol. The third-order valence-corrected chi connectivity index (χ3v) is 3.02. The van der Waals surface area contributed by atoms with Crippen molar-refractivity contribution in [2.75, 3.05) is 7.11 Å². The summed E-state index contributed by atoms with van der Waals surface area (Å²) in [4.78, 5) is 16.0. The lowest BCUT2D eigenvalue weighted by atomic mass is 10.2. The van der Waals surface area contributed by atoms with Crippen LogP contribution in [0.25, 0.3) is 0 Å². The number of ether oxygens (including phenoxy) is 1. The molecule has 0 radical (unpaired) electrons. The first-order valence-corrected chi connectivity index (χ1v) is 6.68. The summed E-state index contributed by atoms with van der Waals surface area (Å²) in [5.41, 5.74) is 0.816. The van der Waals surface area contributed by atoms with Gasteiger partial charge >= 0.3 is 6.03 Å². The first-order valence-electron chi connectivity index (χ1n) is 6.68. The molecule has 0 spiro atoms. The molecule has 0 aromatic carbocycles. The Morgan fingerprint density at radius 3 is 2.90 bits per heavy atom. The predicted octanol–water partition coefficient (Wildman–Crippen LogP) is 2.55. The maximum absolute atomic E-state index is 11.9. The van der Waals surface area contributed by atoms with Gasteiger partial charge in [0.15, 0.2) is 0 Å². The lowest BCUT2D eigenvalue weighted by Gasteiger charge is -2.13. The van der Waals surface area contributed by atoms with Gasteiger partial charge in [-0.25, -0.2) is 9.78 Å². The Bertz CT molecular complexity index is 610. The number of hydrogen-bond acceptors (Lipinski definition) is 4. The van der Waals surface area contributed by atoms with Gasteiger partial charge in [0.2, 0.25) is 5.88 Å². The third kappa shape index (κ3) is 3.98. The Labute approximate surface area is 123 Å². The molecule has 2 heterocycles. The zero-order valence-corrected chi connectivity index (χ0v) is 12.3. The molecule has 2 amide bonds. The van der Waals surface area contributed by atoms with E-state index in [1.54, 1.807) is 19.4 Å². The minimum atomic E-state index is -0.276. The van der Waals surface area contributed by atoms with Crippen LogP contribution in [0, 0.1) is 6.92 Å². The molecule has 2 aromatic heterocycles. The minimum absolute atomic E-state index is 0.200. The molecule has 112 valence electrons. The molecule has 0 aliphatic heterocycles. The van der Waals surface area contributed by atoms with Crippen molar-refractivity contribution in [2.24, 2.45) is 0 Å². The molecular formula is C15H19N3O3. The quantitative estimate of drug-likeness (QED) is 0.887. The Morgan fingerprint density at radius 2 is 2.24 bits per heavy atom. The van der Waals surface area contributed by atoms with Crippen molar-refractivity contribution < 1.29 is 13.9 Å². The molecule has 2 aromatic rings. The van der Waals surface area contributed by atoms with E-state index in [2.05, 4.69) is 15.6 Å². The normalized spacial score (nSPS) is 11.8. The van der Waals surface area contributed by atoms with Crippen molar-refractivity contribution in [1.29, 1.82) is 0 Å². The summed E-state index contributed by atoms with van der Waals surface area (Å²) in [5.74, 6) is 2.05. The number of hydrogen-bond donors (Lipinski definition) is 2. The molecule has 0 aliphatic rings. The van der Waals surface area contributed by atoms with Gasteiger partial charge in [-0.1, -0.05) is 6.07 Å². The molecule has 1 atom stereocenters. The van der Waals surface area contributed by atoms with E-state index in [4.69, 9.17) is 9.15 Å². The van der Waals surface area contributed by atoms with Crippen LogP contribution in [0.2, 0.25) is 0 Å². The first kappa shape index (κ1) is 14.9. The number of furan rings is 1. The van der Waals surface area contributed by atoms with Crippen molar-refractivity contribution in [2.45, 2.75) is 26.4 Å². The molecule has 0 saturated carbocycles. The predicted molar refractivity (Wildman–Crippen MR) is 78.0 cm³/mol. The number of carbonyl (C=O) groups is 1. The molecule has 21 heavy (non-hydrogen) atoms. The number of aryl methyl sites for hydroxylation is 1. The summed E-state index contributed by atoms with van der Waals surface area (Å²) in [7, 11) is 1.55. The highest BCUT2D eigenvalue weighted by Gasteiger charge is 2.13. The second kappa shape index (κ2) is 6.78. The van der Waals surface area contributed by atoms with Crippen molar-refractivity contribution in [3.05, 3.63) is 47.5 Å². The van der Waals surface area contributed by atoms with Crippen LogP contribution in [0.4, 0.5) is 4.79 Å². The topological polar surface area (TPSA) is 76.4 Å². The standard InChI is InChI=1S/C15H19N3O3/c1-10-6-7-13(21-10)11(2)18-15(19)17-9-12-5-4-8-16-14(12)20-3/h4-8,11H,9H2,1-3H3,(H2,17,18,19). The average molecular weight is 289 g/mol. The summed E-state index contributed by atoms with van der Waals surface area (Å²) in [6.07, 6.45) is 1.64. The zero-order chi connectivity index (χ0) is 15.2. The summed E-state index contributed by atoms with van der Waals surface area (Å²) in [6.45, 7) is 4.07. The smallest absolute Gasteiger partial charge is 0.315 e. The summed E-state index contributed by atoms with van der Waals surface area (Å²) in [5, 5.41) is 5.58. The third-order valence-electron chi connectivity index (χ3n) is 3.02. The fourth-order valence-electron chi connectivity index (χ4n) is 1.92. The van der Waals surface area contributed by atoms with E-state index in [-0.39, 0.29) is 12.1 Å². The molecule has 2 rings (SSSR count). The number of nitrogens with one attached hydrogen (secondary N) is 2. The van der Waals surface area contributed by atoms with E-state index in [1.807, 2.05) is 32.0 Å². The number of amides is 2. The Morgan fingerprint density at radius 1 is 1.43 bits per heavy atom. The van der Waals surface area contributed by atoms with Gasteiger partial charge in [0.25, 0.3) is 0 Å². The number of aromatic nitrogens is 1. The first-order chi connectivity index (χ1) is 10.1. The monoisotopic (exact) mass is 289 g/mol. The highest BCUT2D eigenvalue weighted by Crippen LogP contribution is 2.16. The number of carbonyl (C=O) groups excluding carboxylic acids is 1. The van der Waals surface area contributed by atoms with Gasteiger partial charge in [-0.05, 0) is 32.0 Å². The van der Waals surface area contributed by atoms with E-state index in [9.17, 15) is 4.79 Å². The lowest BCUT2D eigenvalue weighted by molar-refractivity contribution is 0.235. The summed E-state index contributed by atoms with van der Waals surface area (Å²) < 4.78 is 10.6. The van der Waals surface area contributed by atoms with E-state index >= 15 is 0 Å². The largest absolute Gasteiger partial charge is 0.481 e. The van der Waals surface area contributed by atoms with Gasteiger partial charge in [-0.3, -0.25) is 0 Å². The maximum atomic E-state index is 11.9. The van der Waals surface area contributed by atoms with Crippen LogP contribution in [-0.2, 0) is 6.54 Å². The lowest BCUT2D eigenvalue weighted by Crippen LogP contribution is -2.36. The molecule has 0 saturated heterocycles. The molecule has 0 fully saturated rings. The second-order valence-corrected chi connectivity index (χ2v) is 4.67. The van der Waals surface area contributed by atoms with E-state index < -0.39 is 0 Å². The summed E-state index contributed by atoms with van der Waals surface area (Å²) in [6, 6.07) is 6.89.